The molecule has 0 fully saturated rings. The van der Waals surface area contributed by atoms with E-state index in [0.717, 1.165) is 12.8 Å². The van der Waals surface area contributed by atoms with E-state index in [1.54, 1.807) is 6.92 Å². The Kier molecular flexibility index (Phi) is 16.6. The average Bonchev–Trinajstić information content (AvgIpc) is 2.64. The Morgan fingerprint density at radius 3 is 2.27 bits per heavy atom. The van der Waals surface area contributed by atoms with Gasteiger partial charge in [-0.1, -0.05) is 27.2 Å². The number of carbonyl (C=O) groups is 4. The molecule has 0 aromatic rings. The number of hydrogen-bond acceptors (Lipinski definition) is 6. The van der Waals surface area contributed by atoms with Crippen LogP contribution in [0.25, 0.3) is 0 Å². The predicted molar refractivity (Wildman–Crippen MR) is 111 cm³/mol. The van der Waals surface area contributed by atoms with Crippen LogP contribution in [-0.4, -0.2) is 87.9 Å². The number of aliphatic hydroxyl groups excluding tert-OH is 2. The van der Waals surface area contributed by atoms with Gasteiger partial charge in [0.1, 0.15) is 12.0 Å². The molecule has 1 aliphatic heterocycles. The Morgan fingerprint density at radius 1 is 1.20 bits per heavy atom. The van der Waals surface area contributed by atoms with Crippen molar-refractivity contribution in [1.82, 2.24) is 5.32 Å². The van der Waals surface area contributed by atoms with Crippen LogP contribution in [0.5, 0.6) is 0 Å². The summed E-state index contributed by atoms with van der Waals surface area (Å²) >= 11 is 0. The second kappa shape index (κ2) is 16.2. The van der Waals surface area contributed by atoms with Crippen LogP contribution in [0.3, 0.4) is 0 Å². The maximum absolute atomic E-state index is 11.9. The van der Waals surface area contributed by atoms with E-state index in [1.165, 1.54) is 0 Å². The molecule has 1 rings (SSSR count). The van der Waals surface area contributed by atoms with Crippen LogP contribution >= 0.6 is 0 Å². The second-order valence-electron chi connectivity index (χ2n) is 6.75. The van der Waals surface area contributed by atoms with Crippen molar-refractivity contribution in [3.05, 3.63) is 0 Å². The number of aliphatic imine (C=N–C) groups is 1. The number of carboxylic acids is 1. The third kappa shape index (κ3) is 10.0. The molecule has 0 aromatic carbocycles. The van der Waals surface area contributed by atoms with Gasteiger partial charge >= 0.3 is 41.5 Å². The Hall–Kier alpha value is -1.49. The number of aliphatic hydroxyl groups is 2. The molecular formula is C19H33N2NaO8. The van der Waals surface area contributed by atoms with E-state index in [4.69, 9.17) is 15.3 Å². The molecule has 11 heteroatoms. The molecular weight excluding hydrogens is 407 g/mol. The zero-order chi connectivity index (χ0) is 22.4. The molecule has 30 heavy (non-hydrogen) atoms. The molecule has 1 aliphatic rings. The van der Waals surface area contributed by atoms with Gasteiger partial charge in [-0.25, -0.2) is 0 Å². The number of aliphatic carboxylic acids is 1. The molecule has 2 unspecified atom stereocenters. The van der Waals surface area contributed by atoms with E-state index in [2.05, 4.69) is 15.0 Å². The fourth-order valence-corrected chi connectivity index (χ4v) is 3.09. The van der Waals surface area contributed by atoms with Gasteiger partial charge in [-0.15, -0.1) is 0 Å². The summed E-state index contributed by atoms with van der Waals surface area (Å²) in [7, 11) is 0. The van der Waals surface area contributed by atoms with Gasteiger partial charge in [0.15, 0.2) is 0 Å². The van der Waals surface area contributed by atoms with Gasteiger partial charge in [-0.05, 0) is 31.6 Å². The van der Waals surface area contributed by atoms with Crippen LogP contribution < -0.4 is 5.32 Å². The number of carbonyl (C=O) groups excluding carboxylic acids is 3. The van der Waals surface area contributed by atoms with Crippen LogP contribution in [0.2, 0.25) is 0 Å². The fourth-order valence-electron chi connectivity index (χ4n) is 3.09. The summed E-state index contributed by atoms with van der Waals surface area (Å²) in [6.45, 7) is 5.51. The van der Waals surface area contributed by atoms with Crippen molar-refractivity contribution < 1.29 is 39.2 Å². The first-order valence-electron chi connectivity index (χ1n) is 9.77. The minimum atomic E-state index is -1.11. The van der Waals surface area contributed by atoms with Crippen LogP contribution in [0.1, 0.15) is 65.7 Å². The number of ether oxygens (including phenoxy) is 1. The fraction of sp³-hybridized carbons (Fsp3) is 0.737. The van der Waals surface area contributed by atoms with Gasteiger partial charge in [0.05, 0.1) is 6.61 Å². The van der Waals surface area contributed by atoms with E-state index in [9.17, 15) is 19.2 Å². The van der Waals surface area contributed by atoms with E-state index in [1.807, 2.05) is 13.8 Å². The number of nitrogens with zero attached hydrogens (tertiary/aromatic N) is 1. The number of nitrogens with one attached hydrogen (secondary N) is 1. The quantitative estimate of drug-likeness (QED) is 0.159. The first kappa shape index (κ1) is 30.7. The molecule has 2 amide bonds. The summed E-state index contributed by atoms with van der Waals surface area (Å²) in [6, 6.07) is -0.595. The first-order valence-corrected chi connectivity index (χ1v) is 9.77. The zero-order valence-corrected chi connectivity index (χ0v) is 17.3. The first-order chi connectivity index (χ1) is 13.6. The summed E-state index contributed by atoms with van der Waals surface area (Å²) in [5.74, 6) is -2.29. The third-order valence-corrected chi connectivity index (χ3v) is 4.72. The van der Waals surface area contributed by atoms with E-state index < -0.39 is 29.2 Å². The molecule has 10 nitrogen and oxygen atoms in total. The number of carboxylic acid groups (broad SMARTS) is 1. The second-order valence-corrected chi connectivity index (χ2v) is 6.75. The van der Waals surface area contributed by atoms with Crippen LogP contribution in [-0.2, 0) is 23.9 Å². The number of hydrogen-bond donors (Lipinski definition) is 4. The minimum absolute atomic E-state index is 0. The summed E-state index contributed by atoms with van der Waals surface area (Å²) < 4.78 is 4.56. The summed E-state index contributed by atoms with van der Waals surface area (Å²) in [6.07, 6.45) is 3.36. The molecule has 2 atom stereocenters. The van der Waals surface area contributed by atoms with Crippen molar-refractivity contribution in [2.45, 2.75) is 65.7 Å². The third-order valence-electron chi connectivity index (χ3n) is 4.72. The molecule has 0 bridgehead atoms. The van der Waals surface area contributed by atoms with Crippen molar-refractivity contribution in [1.29, 1.82) is 0 Å². The van der Waals surface area contributed by atoms with E-state index in [0.29, 0.717) is 19.3 Å². The normalized spacial score (nSPS) is 18.7. The summed E-state index contributed by atoms with van der Waals surface area (Å²) in [5, 5.41) is 27.9. The molecule has 0 saturated heterocycles. The van der Waals surface area contributed by atoms with Crippen LogP contribution in [0.15, 0.2) is 4.99 Å². The van der Waals surface area contributed by atoms with Gasteiger partial charge < -0.3 is 20.1 Å². The zero-order valence-electron chi connectivity index (χ0n) is 17.3. The van der Waals surface area contributed by atoms with Crippen molar-refractivity contribution in [3.63, 3.8) is 0 Å². The molecule has 0 aliphatic carbocycles. The SMILES string of the molecule is CCCC(C)C1(CC)C(=O)N=C(O)NC1=O.O=C(O)CCCCC(=O)OCCO.[NaH]. The topological polar surface area (TPSA) is 163 Å². The van der Waals surface area contributed by atoms with E-state index >= 15 is 0 Å². The molecule has 0 radical (unpaired) electrons. The summed E-state index contributed by atoms with van der Waals surface area (Å²) in [5.41, 5.74) is -1.11. The molecule has 0 spiro atoms. The Labute approximate surface area is 198 Å². The van der Waals surface area contributed by atoms with Gasteiger partial charge in [-0.2, -0.15) is 4.99 Å². The number of amidine groups is 1. The maximum atomic E-state index is 11.9. The van der Waals surface area contributed by atoms with Gasteiger partial charge in [0.2, 0.25) is 5.91 Å². The standard InChI is InChI=1S/C11H18N2O3.C8H14O5.Na.H/c1-4-6-7(3)11(5-2)8(14)12-10(16)13-9(11)15;9-5-6-13-8(12)4-2-1-3-7(10)11;;/h7H,4-6H2,1-3H3,(H2,12,13,14,15,16);9H,1-6H2,(H,10,11);;. The number of unbranched alkanes of at least 4 members (excludes halogenated alkanes) is 1. The van der Waals surface area contributed by atoms with Crippen molar-refractivity contribution >= 4 is 59.3 Å². The van der Waals surface area contributed by atoms with Crippen molar-refractivity contribution in [2.24, 2.45) is 16.3 Å². The number of rotatable bonds is 11. The average molecular weight is 440 g/mol. The van der Waals surface area contributed by atoms with Gasteiger partial charge in [0, 0.05) is 12.8 Å². The molecule has 4 N–H and O–H groups in total. The van der Waals surface area contributed by atoms with Gasteiger partial charge in [-0.3, -0.25) is 24.5 Å². The van der Waals surface area contributed by atoms with Gasteiger partial charge in [0.25, 0.3) is 11.9 Å². The number of esters is 1. The monoisotopic (exact) mass is 440 g/mol. The van der Waals surface area contributed by atoms with Crippen LogP contribution in [0.4, 0.5) is 0 Å². The van der Waals surface area contributed by atoms with Crippen molar-refractivity contribution in [3.8, 4) is 0 Å². The molecule has 0 saturated carbocycles. The summed E-state index contributed by atoms with van der Waals surface area (Å²) in [4.78, 5) is 48.1. The van der Waals surface area contributed by atoms with Crippen molar-refractivity contribution in [2.75, 3.05) is 13.2 Å². The Morgan fingerprint density at radius 2 is 1.80 bits per heavy atom. The molecule has 168 valence electrons. The molecule has 1 heterocycles. The van der Waals surface area contributed by atoms with E-state index in [-0.39, 0.29) is 67.5 Å². The Balaban J connectivity index is 0. The predicted octanol–water partition coefficient (Wildman–Crippen LogP) is 0.908. The Bertz CT molecular complexity index is 611. The van der Waals surface area contributed by atoms with Crippen LogP contribution in [0, 0.1) is 11.3 Å². The molecule has 0 aromatic heterocycles. The number of amides is 2.